The lowest BCUT2D eigenvalue weighted by Gasteiger charge is -2.24. The second-order valence-corrected chi connectivity index (χ2v) is 6.44. The van der Waals surface area contributed by atoms with Gasteiger partial charge in [0.1, 0.15) is 11.3 Å². The zero-order valence-electron chi connectivity index (χ0n) is 12.1. The lowest BCUT2D eigenvalue weighted by molar-refractivity contribution is -0.143. The molecule has 0 aromatic heterocycles. The van der Waals surface area contributed by atoms with Crippen LogP contribution in [0.3, 0.4) is 0 Å². The van der Waals surface area contributed by atoms with E-state index in [1.165, 1.54) is 0 Å². The van der Waals surface area contributed by atoms with Crippen LogP contribution in [0.2, 0.25) is 0 Å². The highest BCUT2D eigenvalue weighted by Gasteiger charge is 2.43. The first-order chi connectivity index (χ1) is 9.93. The molecule has 1 unspecified atom stereocenters. The molecule has 0 radical (unpaired) electrons. The van der Waals surface area contributed by atoms with E-state index < -0.39 is 11.5 Å². The van der Waals surface area contributed by atoms with Crippen molar-refractivity contribution in [3.63, 3.8) is 0 Å². The molecule has 1 aliphatic heterocycles. The van der Waals surface area contributed by atoms with Crippen LogP contribution in [-0.2, 0) is 4.79 Å². The van der Waals surface area contributed by atoms with E-state index in [1.807, 2.05) is 13.8 Å². The molecule has 114 valence electrons. The lowest BCUT2D eigenvalue weighted by Crippen LogP contribution is -2.54. The molecule has 21 heavy (non-hydrogen) atoms. The van der Waals surface area contributed by atoms with Gasteiger partial charge in [-0.25, -0.2) is 4.79 Å². The van der Waals surface area contributed by atoms with Gasteiger partial charge in [-0.15, -0.1) is 0 Å². The Hall–Kier alpha value is -1.69. The van der Waals surface area contributed by atoms with Crippen LogP contribution in [0, 0.1) is 0 Å². The SMILES string of the molecule is CC(C)Oc1ccc(C(=O)NC2(C(=O)O)CCSC2)cc1. The predicted molar refractivity (Wildman–Crippen MR) is 82.0 cm³/mol. The Morgan fingerprint density at radius 2 is 2.00 bits per heavy atom. The summed E-state index contributed by atoms with van der Waals surface area (Å²) >= 11 is 1.54. The number of rotatable bonds is 5. The van der Waals surface area contributed by atoms with E-state index in [9.17, 15) is 14.7 Å². The minimum Gasteiger partial charge on any atom is -0.491 e. The molecule has 1 aliphatic rings. The van der Waals surface area contributed by atoms with Gasteiger partial charge in [-0.1, -0.05) is 0 Å². The number of carbonyl (C=O) groups is 2. The lowest BCUT2D eigenvalue weighted by atomic mass is 9.98. The molecule has 6 heteroatoms. The first-order valence-electron chi connectivity index (χ1n) is 6.83. The topological polar surface area (TPSA) is 75.6 Å². The molecule has 2 N–H and O–H groups in total. The van der Waals surface area contributed by atoms with Crippen LogP contribution < -0.4 is 10.1 Å². The van der Waals surface area contributed by atoms with Crippen molar-refractivity contribution in [2.75, 3.05) is 11.5 Å². The summed E-state index contributed by atoms with van der Waals surface area (Å²) in [6, 6.07) is 6.72. The van der Waals surface area contributed by atoms with Crippen molar-refractivity contribution in [2.45, 2.75) is 31.9 Å². The van der Waals surface area contributed by atoms with E-state index in [4.69, 9.17) is 4.74 Å². The average Bonchev–Trinajstić information content (AvgIpc) is 2.88. The summed E-state index contributed by atoms with van der Waals surface area (Å²) in [6.07, 6.45) is 0.517. The normalized spacial score (nSPS) is 21.3. The highest BCUT2D eigenvalue weighted by atomic mass is 32.2. The minimum absolute atomic E-state index is 0.0652. The molecule has 1 saturated heterocycles. The summed E-state index contributed by atoms with van der Waals surface area (Å²) < 4.78 is 5.51. The molecule has 1 heterocycles. The molecule has 1 fully saturated rings. The van der Waals surface area contributed by atoms with Gasteiger partial charge in [-0.3, -0.25) is 4.79 Å². The summed E-state index contributed by atoms with van der Waals surface area (Å²) in [5.74, 6) is 0.499. The van der Waals surface area contributed by atoms with Gasteiger partial charge in [0.05, 0.1) is 6.10 Å². The van der Waals surface area contributed by atoms with Crippen LogP contribution in [0.25, 0.3) is 0 Å². The highest BCUT2D eigenvalue weighted by Crippen LogP contribution is 2.28. The Balaban J connectivity index is 2.07. The third kappa shape index (κ3) is 3.69. The number of hydrogen-bond acceptors (Lipinski definition) is 4. The molecular formula is C15H19NO4S. The monoisotopic (exact) mass is 309 g/mol. The van der Waals surface area contributed by atoms with Gasteiger partial charge >= 0.3 is 5.97 Å². The Kier molecular flexibility index (Phi) is 4.77. The highest BCUT2D eigenvalue weighted by molar-refractivity contribution is 7.99. The summed E-state index contributed by atoms with van der Waals surface area (Å²) in [7, 11) is 0. The zero-order chi connectivity index (χ0) is 15.5. The first-order valence-corrected chi connectivity index (χ1v) is 7.99. The molecule has 1 amide bonds. The van der Waals surface area contributed by atoms with Crippen molar-refractivity contribution in [1.82, 2.24) is 5.32 Å². The fourth-order valence-corrected chi connectivity index (χ4v) is 3.46. The Morgan fingerprint density at radius 1 is 1.33 bits per heavy atom. The van der Waals surface area contributed by atoms with Gasteiger partial charge in [0.2, 0.25) is 0 Å². The maximum absolute atomic E-state index is 12.2. The second-order valence-electron chi connectivity index (χ2n) is 5.33. The van der Waals surface area contributed by atoms with E-state index in [-0.39, 0.29) is 12.0 Å². The molecule has 0 bridgehead atoms. The molecule has 0 aliphatic carbocycles. The number of carboxylic acids is 1. The van der Waals surface area contributed by atoms with E-state index in [2.05, 4.69) is 5.32 Å². The van der Waals surface area contributed by atoms with Gasteiger partial charge in [-0.05, 0) is 50.3 Å². The Bertz CT molecular complexity index is 521. The number of nitrogens with one attached hydrogen (secondary N) is 1. The van der Waals surface area contributed by atoms with Crippen molar-refractivity contribution in [1.29, 1.82) is 0 Å². The number of carboxylic acid groups (broad SMARTS) is 1. The molecule has 2 rings (SSSR count). The zero-order valence-corrected chi connectivity index (χ0v) is 12.9. The molecule has 1 aromatic rings. The van der Waals surface area contributed by atoms with Crippen LogP contribution in [0.1, 0.15) is 30.6 Å². The van der Waals surface area contributed by atoms with Crippen molar-refractivity contribution in [3.8, 4) is 5.75 Å². The quantitative estimate of drug-likeness (QED) is 0.872. The van der Waals surface area contributed by atoms with Crippen LogP contribution in [-0.4, -0.2) is 40.1 Å². The van der Waals surface area contributed by atoms with Crippen molar-refractivity contribution >= 4 is 23.6 Å². The Labute approximate surface area is 128 Å². The molecule has 1 atom stereocenters. The summed E-state index contributed by atoms with van der Waals surface area (Å²) in [5.41, 5.74) is -0.710. The van der Waals surface area contributed by atoms with Gasteiger partial charge in [0, 0.05) is 11.3 Å². The number of amides is 1. The van der Waals surface area contributed by atoms with Gasteiger partial charge in [-0.2, -0.15) is 11.8 Å². The molecule has 5 nitrogen and oxygen atoms in total. The number of hydrogen-bond donors (Lipinski definition) is 2. The van der Waals surface area contributed by atoms with Crippen LogP contribution >= 0.6 is 11.8 Å². The van der Waals surface area contributed by atoms with Gasteiger partial charge in [0.25, 0.3) is 5.91 Å². The predicted octanol–water partition coefficient (Wildman–Crippen LogP) is 2.16. The number of aliphatic carboxylic acids is 1. The standard InChI is InChI=1S/C15H19NO4S/c1-10(2)20-12-5-3-11(4-6-12)13(17)16-15(14(18)19)7-8-21-9-15/h3-6,10H,7-9H2,1-2H3,(H,16,17)(H,18,19). The summed E-state index contributed by atoms with van der Waals surface area (Å²) in [4.78, 5) is 23.6. The first kappa shape index (κ1) is 15.7. The molecular weight excluding hydrogens is 290 g/mol. The fourth-order valence-electron chi connectivity index (χ4n) is 2.13. The molecule has 0 spiro atoms. The molecule has 1 aromatic carbocycles. The van der Waals surface area contributed by atoms with E-state index in [0.717, 1.165) is 5.75 Å². The summed E-state index contributed by atoms with van der Waals surface area (Å²) in [6.45, 7) is 3.85. The van der Waals surface area contributed by atoms with Crippen molar-refractivity contribution in [3.05, 3.63) is 29.8 Å². The van der Waals surface area contributed by atoms with Crippen LogP contribution in [0.4, 0.5) is 0 Å². The van der Waals surface area contributed by atoms with Gasteiger partial charge < -0.3 is 15.2 Å². The number of benzene rings is 1. The minimum atomic E-state index is -1.14. The second kappa shape index (κ2) is 6.39. The fraction of sp³-hybridized carbons (Fsp3) is 0.467. The van der Waals surface area contributed by atoms with E-state index >= 15 is 0 Å². The van der Waals surface area contributed by atoms with Gasteiger partial charge in [0.15, 0.2) is 0 Å². The average molecular weight is 309 g/mol. The summed E-state index contributed by atoms with van der Waals surface area (Å²) in [5, 5.41) is 12.0. The number of carbonyl (C=O) groups excluding carboxylic acids is 1. The maximum Gasteiger partial charge on any atom is 0.330 e. The van der Waals surface area contributed by atoms with Crippen molar-refractivity contribution in [2.24, 2.45) is 0 Å². The van der Waals surface area contributed by atoms with E-state index in [0.29, 0.717) is 23.5 Å². The van der Waals surface area contributed by atoms with E-state index in [1.54, 1.807) is 36.0 Å². The van der Waals surface area contributed by atoms with Crippen LogP contribution in [0.5, 0.6) is 5.75 Å². The third-order valence-corrected chi connectivity index (χ3v) is 4.46. The number of thioether (sulfide) groups is 1. The smallest absolute Gasteiger partial charge is 0.330 e. The molecule has 0 saturated carbocycles. The Morgan fingerprint density at radius 3 is 2.48 bits per heavy atom. The van der Waals surface area contributed by atoms with Crippen LogP contribution in [0.15, 0.2) is 24.3 Å². The third-order valence-electron chi connectivity index (χ3n) is 3.27. The number of ether oxygens (including phenoxy) is 1. The maximum atomic E-state index is 12.2. The largest absolute Gasteiger partial charge is 0.491 e. The van der Waals surface area contributed by atoms with Crippen molar-refractivity contribution < 1.29 is 19.4 Å².